The van der Waals surface area contributed by atoms with Gasteiger partial charge in [0.2, 0.25) is 6.79 Å². The van der Waals surface area contributed by atoms with Crippen LogP contribution in [0.4, 0.5) is 0 Å². The highest BCUT2D eigenvalue weighted by Crippen LogP contribution is 2.46. The van der Waals surface area contributed by atoms with Crippen molar-refractivity contribution >= 4 is 9.84 Å². The maximum absolute atomic E-state index is 14.2. The fourth-order valence-corrected chi connectivity index (χ4v) is 6.23. The Balaban J connectivity index is 2.03. The molecule has 3 aromatic carbocycles. The van der Waals surface area contributed by atoms with Gasteiger partial charge in [-0.3, -0.25) is 0 Å². The first-order valence-corrected chi connectivity index (χ1v) is 13.3. The van der Waals surface area contributed by atoms with Crippen LogP contribution >= 0.6 is 0 Å². The Kier molecular flexibility index (Phi) is 6.17. The Morgan fingerprint density at radius 2 is 1.31 bits per heavy atom. The minimum atomic E-state index is -3.86. The molecule has 35 heavy (non-hydrogen) atoms. The molecule has 1 N–H and O–H groups in total. The zero-order valence-electron chi connectivity index (χ0n) is 21.5. The van der Waals surface area contributed by atoms with Crippen molar-refractivity contribution in [1.29, 1.82) is 0 Å². The van der Waals surface area contributed by atoms with E-state index in [2.05, 4.69) is 0 Å². The molecular weight excluding hydrogens is 460 g/mol. The molecule has 3 aromatic rings. The number of benzene rings is 3. The third kappa shape index (κ3) is 4.76. The van der Waals surface area contributed by atoms with Gasteiger partial charge in [-0.05, 0) is 76.4 Å². The molecule has 6 heteroatoms. The minimum Gasteiger partial charge on any atom is -0.507 e. The zero-order chi connectivity index (χ0) is 25.8. The number of phenolic OH excluding ortho intramolecular Hbond substituents is 1. The zero-order valence-corrected chi connectivity index (χ0v) is 22.3. The first kappa shape index (κ1) is 25.1. The summed E-state index contributed by atoms with van der Waals surface area (Å²) < 4.78 is 39.5. The van der Waals surface area contributed by atoms with Crippen LogP contribution in [0.5, 0.6) is 17.2 Å². The first-order valence-electron chi connectivity index (χ1n) is 11.8. The van der Waals surface area contributed by atoms with Crippen molar-refractivity contribution in [3.8, 4) is 17.2 Å². The maximum Gasteiger partial charge on any atom is 0.231 e. The van der Waals surface area contributed by atoms with Crippen molar-refractivity contribution in [2.75, 3.05) is 6.79 Å². The summed E-state index contributed by atoms with van der Waals surface area (Å²) in [5.74, 6) is 1.33. The van der Waals surface area contributed by atoms with Crippen LogP contribution in [0, 0.1) is 6.92 Å². The lowest BCUT2D eigenvalue weighted by atomic mass is 9.78. The van der Waals surface area contributed by atoms with E-state index in [4.69, 9.17) is 9.47 Å². The summed E-state index contributed by atoms with van der Waals surface area (Å²) in [6.45, 7) is 14.1. The average molecular weight is 495 g/mol. The lowest BCUT2D eigenvalue weighted by molar-refractivity contribution is 0.174. The van der Waals surface area contributed by atoms with E-state index < -0.39 is 25.9 Å². The van der Waals surface area contributed by atoms with Crippen molar-refractivity contribution in [1.82, 2.24) is 0 Å². The van der Waals surface area contributed by atoms with Crippen molar-refractivity contribution in [2.45, 2.75) is 69.4 Å². The molecule has 0 fully saturated rings. The molecule has 186 valence electrons. The number of hydrogen-bond donors (Lipinski definition) is 1. The molecule has 1 aliphatic rings. The van der Waals surface area contributed by atoms with Gasteiger partial charge >= 0.3 is 0 Å². The van der Waals surface area contributed by atoms with Crippen LogP contribution in [0.25, 0.3) is 0 Å². The fraction of sp³-hybridized carbons (Fsp3) is 0.379. The Morgan fingerprint density at radius 1 is 0.771 bits per heavy atom. The summed E-state index contributed by atoms with van der Waals surface area (Å²) >= 11 is 0. The van der Waals surface area contributed by atoms with E-state index in [1.54, 1.807) is 30.3 Å². The summed E-state index contributed by atoms with van der Waals surface area (Å²) in [6, 6.07) is 15.9. The number of aromatic hydroxyl groups is 1. The van der Waals surface area contributed by atoms with Gasteiger partial charge in [0.25, 0.3) is 0 Å². The number of hydrogen-bond acceptors (Lipinski definition) is 5. The second kappa shape index (κ2) is 8.59. The fourth-order valence-electron chi connectivity index (χ4n) is 4.44. The summed E-state index contributed by atoms with van der Waals surface area (Å²) in [5, 5.41) is 10.2. The van der Waals surface area contributed by atoms with Gasteiger partial charge in [0.1, 0.15) is 11.0 Å². The molecule has 0 aromatic heterocycles. The summed E-state index contributed by atoms with van der Waals surface area (Å²) in [6.07, 6.45) is 0. The lowest BCUT2D eigenvalue weighted by Gasteiger charge is -2.30. The van der Waals surface area contributed by atoms with Crippen LogP contribution < -0.4 is 9.47 Å². The molecule has 1 aliphatic heterocycles. The molecule has 0 radical (unpaired) electrons. The molecule has 4 rings (SSSR count). The normalized spacial score (nSPS) is 14.7. The number of aryl methyl sites for hydroxylation is 1. The Morgan fingerprint density at radius 3 is 1.86 bits per heavy atom. The number of fused-ring (bicyclic) bond motifs is 1. The quantitative estimate of drug-likeness (QED) is 0.443. The summed E-state index contributed by atoms with van der Waals surface area (Å²) in [7, 11) is -3.86. The summed E-state index contributed by atoms with van der Waals surface area (Å²) in [5.41, 5.74) is 2.81. The number of rotatable bonds is 4. The van der Waals surface area contributed by atoms with E-state index in [0.29, 0.717) is 33.8 Å². The van der Waals surface area contributed by atoms with Gasteiger partial charge in [-0.2, -0.15) is 0 Å². The van der Waals surface area contributed by atoms with Gasteiger partial charge in [0.15, 0.2) is 21.3 Å². The van der Waals surface area contributed by atoms with Gasteiger partial charge in [0, 0.05) is 0 Å². The SMILES string of the molecule is Cc1ccc(S(=O)(=O)C(c2ccc3c(c2)OCO3)c2cc(C(C)(C)C)c(O)c(C(C)(C)C)c2)cc1. The minimum absolute atomic E-state index is 0.107. The van der Waals surface area contributed by atoms with Gasteiger partial charge in [-0.15, -0.1) is 0 Å². The molecule has 0 bridgehead atoms. The van der Waals surface area contributed by atoms with Crippen LogP contribution in [0.2, 0.25) is 0 Å². The Bertz CT molecular complexity index is 1320. The van der Waals surface area contributed by atoms with Crippen molar-refractivity contribution in [3.63, 3.8) is 0 Å². The lowest BCUT2D eigenvalue weighted by Crippen LogP contribution is -2.21. The Labute approximate surface area is 208 Å². The average Bonchev–Trinajstić information content (AvgIpc) is 3.21. The van der Waals surface area contributed by atoms with Crippen LogP contribution in [0.15, 0.2) is 59.5 Å². The molecule has 0 spiro atoms. The van der Waals surface area contributed by atoms with E-state index in [0.717, 1.165) is 5.56 Å². The number of ether oxygens (including phenoxy) is 2. The number of phenols is 1. The van der Waals surface area contributed by atoms with E-state index >= 15 is 0 Å². The highest BCUT2D eigenvalue weighted by molar-refractivity contribution is 7.91. The van der Waals surface area contributed by atoms with Crippen LogP contribution in [0.1, 0.15) is 74.6 Å². The molecule has 0 amide bonds. The maximum atomic E-state index is 14.2. The second-order valence-electron chi connectivity index (χ2n) is 11.3. The predicted octanol–water partition coefficient (Wildman–Crippen LogP) is 6.59. The molecule has 1 heterocycles. The van der Waals surface area contributed by atoms with E-state index in [-0.39, 0.29) is 17.4 Å². The van der Waals surface area contributed by atoms with E-state index in [9.17, 15) is 13.5 Å². The molecule has 1 unspecified atom stereocenters. The predicted molar refractivity (Wildman–Crippen MR) is 138 cm³/mol. The smallest absolute Gasteiger partial charge is 0.231 e. The molecule has 5 nitrogen and oxygen atoms in total. The topological polar surface area (TPSA) is 72.8 Å². The first-order chi connectivity index (χ1) is 16.2. The highest BCUT2D eigenvalue weighted by atomic mass is 32.2. The Hall–Kier alpha value is -2.99. The second-order valence-corrected chi connectivity index (χ2v) is 13.3. The third-order valence-corrected chi connectivity index (χ3v) is 8.50. The van der Waals surface area contributed by atoms with Crippen LogP contribution in [-0.4, -0.2) is 20.3 Å². The van der Waals surface area contributed by atoms with Gasteiger partial charge in [-0.25, -0.2) is 8.42 Å². The summed E-state index contributed by atoms with van der Waals surface area (Å²) in [4.78, 5) is 0.244. The van der Waals surface area contributed by atoms with Crippen LogP contribution in [-0.2, 0) is 20.7 Å². The largest absolute Gasteiger partial charge is 0.507 e. The highest BCUT2D eigenvalue weighted by Gasteiger charge is 2.35. The van der Waals surface area contributed by atoms with Crippen molar-refractivity contribution in [3.05, 3.63) is 82.4 Å². The molecule has 0 saturated carbocycles. The van der Waals surface area contributed by atoms with Gasteiger partial charge < -0.3 is 14.6 Å². The molecule has 0 saturated heterocycles. The van der Waals surface area contributed by atoms with E-state index in [1.165, 1.54) is 0 Å². The molecule has 0 aliphatic carbocycles. The van der Waals surface area contributed by atoms with Crippen molar-refractivity contribution < 1.29 is 23.0 Å². The van der Waals surface area contributed by atoms with Gasteiger partial charge in [0.05, 0.1) is 4.90 Å². The van der Waals surface area contributed by atoms with E-state index in [1.807, 2.05) is 72.7 Å². The number of sulfone groups is 1. The third-order valence-electron chi connectivity index (χ3n) is 6.41. The van der Waals surface area contributed by atoms with Crippen molar-refractivity contribution in [2.24, 2.45) is 0 Å². The van der Waals surface area contributed by atoms with Crippen LogP contribution in [0.3, 0.4) is 0 Å². The standard InChI is InChI=1S/C29H34O5S/c1-18-8-11-21(12-9-18)35(31,32)27(19-10-13-24-25(16-19)34-17-33-24)20-14-22(28(2,3)4)26(30)23(15-20)29(5,6)7/h8-16,27,30H,17H2,1-7H3. The van der Waals surface area contributed by atoms with Gasteiger partial charge in [-0.1, -0.05) is 65.3 Å². The monoisotopic (exact) mass is 494 g/mol. The molecule has 1 atom stereocenters. The molecular formula is C29H34O5S.